The molecule has 24 heavy (non-hydrogen) atoms. The summed E-state index contributed by atoms with van der Waals surface area (Å²) in [6.45, 7) is 8.90. The van der Waals surface area contributed by atoms with Gasteiger partial charge in [0.05, 0.1) is 20.1 Å². The number of piperidine rings is 1. The molecule has 0 bridgehead atoms. The van der Waals surface area contributed by atoms with Gasteiger partial charge in [-0.3, -0.25) is 4.90 Å². The first-order valence-corrected chi connectivity index (χ1v) is 10.2. The molecule has 0 aromatic carbocycles. The Morgan fingerprint density at radius 2 is 1.88 bits per heavy atom. The molecule has 0 radical (unpaired) electrons. The van der Waals surface area contributed by atoms with Crippen LogP contribution in [0.3, 0.4) is 0 Å². The zero-order valence-electron chi connectivity index (χ0n) is 14.7. The monoisotopic (exact) mass is 556 g/mol. The van der Waals surface area contributed by atoms with E-state index in [1.54, 1.807) is 4.90 Å². The molecule has 1 N–H and O–H groups in total. The molecule has 1 aromatic heterocycles. The molecular formula is C18H30I2N4. The van der Waals surface area contributed by atoms with Crippen molar-refractivity contribution >= 4 is 28.4 Å². The highest BCUT2D eigenvalue weighted by molar-refractivity contribution is 14.1. The zero-order chi connectivity index (χ0) is 16.1. The molecule has 2 fully saturated rings. The lowest BCUT2D eigenvalue weighted by Gasteiger charge is -2.34. The van der Waals surface area contributed by atoms with Gasteiger partial charge >= 0.3 is 0 Å². The van der Waals surface area contributed by atoms with Gasteiger partial charge in [0, 0.05) is 35.9 Å². The Kier molecular flexibility index (Phi) is 9.01. The minimum atomic E-state index is 0. The van der Waals surface area contributed by atoms with Crippen LogP contribution in [-0.2, 0) is 0 Å². The van der Waals surface area contributed by atoms with Crippen LogP contribution in [0.25, 0.3) is 0 Å². The van der Waals surface area contributed by atoms with E-state index in [0.29, 0.717) is 0 Å². The van der Waals surface area contributed by atoms with Gasteiger partial charge in [-0.15, -0.1) is 0 Å². The lowest BCUT2D eigenvalue weighted by molar-refractivity contribution is -0.884. The number of rotatable bonds is 5. The van der Waals surface area contributed by atoms with Crippen LogP contribution in [0, 0.1) is 9.49 Å². The van der Waals surface area contributed by atoms with Crippen LogP contribution >= 0.6 is 22.6 Å². The third-order valence-electron chi connectivity index (χ3n) is 5.45. The van der Waals surface area contributed by atoms with Crippen molar-refractivity contribution in [2.75, 3.05) is 57.8 Å². The number of likely N-dealkylation sites (N-methyl/N-ethyl adjacent to an activating group) is 1. The zero-order valence-corrected chi connectivity index (χ0v) is 19.0. The molecule has 4 nitrogen and oxygen atoms in total. The number of halogens is 2. The predicted octanol–water partition coefficient (Wildman–Crippen LogP) is -1.48. The average molecular weight is 556 g/mol. The van der Waals surface area contributed by atoms with Gasteiger partial charge in [-0.2, -0.15) is 0 Å². The normalized spacial score (nSPS) is 20.8. The maximum absolute atomic E-state index is 4.57. The molecule has 0 amide bonds. The minimum Gasteiger partial charge on any atom is -1.00 e. The first-order chi connectivity index (χ1) is 11.2. The number of hydrogen-bond donors (Lipinski definition) is 1. The summed E-state index contributed by atoms with van der Waals surface area (Å²) in [5.74, 6) is 2.08. The molecule has 2 aliphatic heterocycles. The fourth-order valence-corrected chi connectivity index (χ4v) is 4.09. The Morgan fingerprint density at radius 1 is 1.17 bits per heavy atom. The van der Waals surface area contributed by atoms with Gasteiger partial charge in [0.2, 0.25) is 0 Å². The molecular weight excluding hydrogens is 526 g/mol. The summed E-state index contributed by atoms with van der Waals surface area (Å²) in [6.07, 6.45) is 7.43. The van der Waals surface area contributed by atoms with Crippen molar-refractivity contribution in [1.82, 2.24) is 9.88 Å². The van der Waals surface area contributed by atoms with Crippen molar-refractivity contribution in [3.63, 3.8) is 0 Å². The third-order valence-corrected chi connectivity index (χ3v) is 6.08. The van der Waals surface area contributed by atoms with Crippen LogP contribution in [-0.4, -0.2) is 62.7 Å². The fourth-order valence-electron chi connectivity index (χ4n) is 3.77. The molecule has 0 unspecified atom stereocenters. The molecule has 0 spiro atoms. The molecule has 1 aromatic rings. The summed E-state index contributed by atoms with van der Waals surface area (Å²) in [6, 6.07) is 4.32. The van der Waals surface area contributed by atoms with Crippen molar-refractivity contribution in [1.29, 1.82) is 0 Å². The smallest absolute Gasteiger partial charge is 0.128 e. The lowest BCUT2D eigenvalue weighted by Crippen LogP contribution is -3.11. The van der Waals surface area contributed by atoms with Crippen LogP contribution in [0.15, 0.2) is 18.3 Å². The number of nitrogens with one attached hydrogen (secondary N) is 1. The minimum absolute atomic E-state index is 0. The van der Waals surface area contributed by atoms with Crippen LogP contribution in [0.1, 0.15) is 25.7 Å². The second-order valence-electron chi connectivity index (χ2n) is 7.21. The van der Waals surface area contributed by atoms with E-state index in [0.717, 1.165) is 11.7 Å². The first kappa shape index (κ1) is 20.6. The lowest BCUT2D eigenvalue weighted by atomic mass is 9.92. The second kappa shape index (κ2) is 10.5. The van der Waals surface area contributed by atoms with Gasteiger partial charge in [-0.1, -0.05) is 0 Å². The summed E-state index contributed by atoms with van der Waals surface area (Å²) in [5, 5.41) is 0. The Balaban J connectivity index is 0.00000208. The van der Waals surface area contributed by atoms with Crippen LogP contribution in [0.2, 0.25) is 0 Å². The Morgan fingerprint density at radius 3 is 2.50 bits per heavy atom. The third kappa shape index (κ3) is 6.25. The largest absolute Gasteiger partial charge is 1.00 e. The highest BCUT2D eigenvalue weighted by Gasteiger charge is 2.21. The average Bonchev–Trinajstić information content (AvgIpc) is 2.58. The summed E-state index contributed by atoms with van der Waals surface area (Å²) >= 11 is 2.32. The maximum atomic E-state index is 4.57. The van der Waals surface area contributed by atoms with Crippen LogP contribution < -0.4 is 33.8 Å². The maximum Gasteiger partial charge on any atom is 0.128 e. The molecule has 3 rings (SSSR count). The van der Waals surface area contributed by atoms with Crippen molar-refractivity contribution < 1.29 is 28.9 Å². The van der Waals surface area contributed by atoms with Crippen molar-refractivity contribution in [2.24, 2.45) is 5.92 Å². The molecule has 6 heteroatoms. The number of anilines is 1. The van der Waals surface area contributed by atoms with E-state index in [2.05, 4.69) is 56.6 Å². The van der Waals surface area contributed by atoms with E-state index in [1.807, 2.05) is 6.20 Å². The standard InChI is InChI=1S/C18H29IN4.HI/c1-21-11-13-22(14-12-21)8-2-3-16-6-9-23(10-7-16)18-5-4-17(19)15-20-18;/h4-5,15-16H,2-3,6-14H2,1H3;1H. The van der Waals surface area contributed by atoms with E-state index in [9.17, 15) is 0 Å². The van der Waals surface area contributed by atoms with Crippen LogP contribution in [0.5, 0.6) is 0 Å². The van der Waals surface area contributed by atoms with E-state index in [1.165, 1.54) is 75.1 Å². The molecule has 2 aliphatic rings. The van der Waals surface area contributed by atoms with Crippen molar-refractivity contribution in [3.05, 3.63) is 21.9 Å². The highest BCUT2D eigenvalue weighted by atomic mass is 127. The summed E-state index contributed by atoms with van der Waals surface area (Å²) < 4.78 is 1.21. The number of nitrogens with zero attached hydrogens (tertiary/aromatic N) is 3. The van der Waals surface area contributed by atoms with Crippen molar-refractivity contribution in [2.45, 2.75) is 25.7 Å². The quantitative estimate of drug-likeness (QED) is 0.448. The Bertz CT molecular complexity index is 466. The highest BCUT2D eigenvalue weighted by Crippen LogP contribution is 2.25. The van der Waals surface area contributed by atoms with Crippen molar-refractivity contribution in [3.8, 4) is 0 Å². The van der Waals surface area contributed by atoms with E-state index < -0.39 is 0 Å². The van der Waals surface area contributed by atoms with Gasteiger partial charge in [-0.05, 0) is 72.9 Å². The van der Waals surface area contributed by atoms with E-state index in [-0.39, 0.29) is 24.0 Å². The molecule has 2 saturated heterocycles. The number of piperazine rings is 1. The topological polar surface area (TPSA) is 23.8 Å². The Hall–Kier alpha value is 0.330. The van der Waals surface area contributed by atoms with Gasteiger partial charge in [0.1, 0.15) is 5.82 Å². The summed E-state index contributed by atoms with van der Waals surface area (Å²) in [7, 11) is 2.31. The molecule has 0 aliphatic carbocycles. The number of pyridine rings is 1. The molecule has 0 saturated carbocycles. The predicted molar refractivity (Wildman–Crippen MR) is 104 cm³/mol. The fraction of sp³-hybridized carbons (Fsp3) is 0.722. The van der Waals surface area contributed by atoms with Crippen LogP contribution in [0.4, 0.5) is 5.82 Å². The number of aromatic nitrogens is 1. The molecule has 136 valence electrons. The molecule has 3 heterocycles. The number of quaternary nitrogens is 1. The SMILES string of the molecule is C[NH+]1CCN(CCCC2CCN(c3ccc(I)cn3)CC2)CC1.[I-]. The van der Waals surface area contributed by atoms with Gasteiger partial charge in [0.25, 0.3) is 0 Å². The first-order valence-electron chi connectivity index (χ1n) is 9.11. The van der Waals surface area contributed by atoms with Gasteiger partial charge in [-0.25, -0.2) is 4.98 Å². The van der Waals surface area contributed by atoms with Gasteiger partial charge in [0.15, 0.2) is 0 Å². The van der Waals surface area contributed by atoms with E-state index in [4.69, 9.17) is 0 Å². The van der Waals surface area contributed by atoms with E-state index >= 15 is 0 Å². The van der Waals surface area contributed by atoms with Gasteiger partial charge < -0.3 is 33.8 Å². The Labute approximate surface area is 177 Å². The summed E-state index contributed by atoms with van der Waals surface area (Å²) in [4.78, 5) is 11.4. The number of hydrogen-bond acceptors (Lipinski definition) is 3. The summed E-state index contributed by atoms with van der Waals surface area (Å²) in [5.41, 5.74) is 0. The molecule has 0 atom stereocenters. The second-order valence-corrected chi connectivity index (χ2v) is 8.45.